The van der Waals surface area contributed by atoms with Crippen molar-refractivity contribution in [1.29, 1.82) is 0 Å². The molecule has 170 valence electrons. The zero-order valence-corrected chi connectivity index (χ0v) is 19.2. The van der Waals surface area contributed by atoms with Gasteiger partial charge in [-0.05, 0) is 68.3 Å². The van der Waals surface area contributed by atoms with Gasteiger partial charge in [0.15, 0.2) is 0 Å². The number of rotatable bonds is 8. The molecule has 2 aromatic carbocycles. The molecule has 1 heterocycles. The van der Waals surface area contributed by atoms with Crippen LogP contribution < -0.4 is 14.8 Å². The normalized spacial score (nSPS) is 15.3. The van der Waals surface area contributed by atoms with E-state index in [0.717, 1.165) is 11.3 Å². The summed E-state index contributed by atoms with van der Waals surface area (Å²) >= 11 is 0. The van der Waals surface area contributed by atoms with Crippen molar-refractivity contribution in [2.45, 2.75) is 33.4 Å². The first kappa shape index (κ1) is 23.3. The van der Waals surface area contributed by atoms with Crippen LogP contribution in [0.5, 0.6) is 11.5 Å². The molecular weight excluding hydrogens is 432 g/mol. The van der Waals surface area contributed by atoms with Crippen molar-refractivity contribution in [3.8, 4) is 11.5 Å². The SMILES string of the molecule is COc1ccc(C2=C(C)C(=O)N(CC(=O)NCc3ccc(OC(C)C)cc3)S2(=O)=O)cc1. The lowest BCUT2D eigenvalue weighted by molar-refractivity contribution is -0.128. The third kappa shape index (κ3) is 4.94. The highest BCUT2D eigenvalue weighted by Gasteiger charge is 2.43. The maximum Gasteiger partial charge on any atom is 0.268 e. The summed E-state index contributed by atoms with van der Waals surface area (Å²) in [6, 6.07) is 13.6. The van der Waals surface area contributed by atoms with Crippen LogP contribution in [0.3, 0.4) is 0 Å². The molecule has 0 atom stereocenters. The Morgan fingerprint density at radius 3 is 2.19 bits per heavy atom. The fourth-order valence-corrected chi connectivity index (χ4v) is 5.08. The van der Waals surface area contributed by atoms with E-state index in [9.17, 15) is 18.0 Å². The van der Waals surface area contributed by atoms with E-state index in [2.05, 4.69) is 5.32 Å². The molecule has 8 nitrogen and oxygen atoms in total. The molecule has 0 fully saturated rings. The molecule has 0 unspecified atom stereocenters. The fraction of sp³-hybridized carbons (Fsp3) is 0.304. The quantitative estimate of drug-likeness (QED) is 0.653. The van der Waals surface area contributed by atoms with Gasteiger partial charge in [0.05, 0.1) is 13.2 Å². The average molecular weight is 459 g/mol. The van der Waals surface area contributed by atoms with Crippen LogP contribution in [0, 0.1) is 0 Å². The standard InChI is InChI=1S/C23H26N2O6S/c1-15(2)31-20-9-5-17(6-10-20)13-24-21(26)14-25-23(27)16(3)22(32(25,28)29)18-7-11-19(30-4)12-8-18/h5-12,15H,13-14H2,1-4H3,(H,24,26). The molecule has 0 saturated heterocycles. The van der Waals surface area contributed by atoms with Crippen molar-refractivity contribution in [1.82, 2.24) is 9.62 Å². The summed E-state index contributed by atoms with van der Waals surface area (Å²) in [5.74, 6) is -0.000397. The van der Waals surface area contributed by atoms with E-state index < -0.39 is 28.4 Å². The highest BCUT2D eigenvalue weighted by Crippen LogP contribution is 2.35. The van der Waals surface area contributed by atoms with Crippen LogP contribution in [0.2, 0.25) is 0 Å². The minimum Gasteiger partial charge on any atom is -0.497 e. The van der Waals surface area contributed by atoms with Gasteiger partial charge in [-0.1, -0.05) is 12.1 Å². The van der Waals surface area contributed by atoms with Gasteiger partial charge in [-0.3, -0.25) is 9.59 Å². The Morgan fingerprint density at radius 2 is 1.62 bits per heavy atom. The van der Waals surface area contributed by atoms with Gasteiger partial charge in [-0.15, -0.1) is 0 Å². The van der Waals surface area contributed by atoms with Gasteiger partial charge in [0, 0.05) is 12.1 Å². The van der Waals surface area contributed by atoms with Gasteiger partial charge in [0.25, 0.3) is 15.9 Å². The Labute approximate surface area is 187 Å². The van der Waals surface area contributed by atoms with Crippen LogP contribution in [-0.2, 0) is 26.2 Å². The molecule has 0 aliphatic carbocycles. The van der Waals surface area contributed by atoms with Gasteiger partial charge < -0.3 is 14.8 Å². The van der Waals surface area contributed by atoms with E-state index in [0.29, 0.717) is 15.6 Å². The van der Waals surface area contributed by atoms with Crippen LogP contribution in [0.4, 0.5) is 0 Å². The van der Waals surface area contributed by atoms with Crippen molar-refractivity contribution in [3.05, 3.63) is 65.2 Å². The van der Waals surface area contributed by atoms with Crippen molar-refractivity contribution >= 4 is 26.7 Å². The number of benzene rings is 2. The largest absolute Gasteiger partial charge is 0.497 e. The van der Waals surface area contributed by atoms with Gasteiger partial charge in [-0.25, -0.2) is 12.7 Å². The Hall–Kier alpha value is -3.33. The summed E-state index contributed by atoms with van der Waals surface area (Å²) in [6.45, 7) is 4.91. The summed E-state index contributed by atoms with van der Waals surface area (Å²) in [6.07, 6.45) is 0.0559. The number of nitrogens with one attached hydrogen (secondary N) is 1. The first-order chi connectivity index (χ1) is 15.1. The zero-order valence-electron chi connectivity index (χ0n) is 18.4. The van der Waals surface area contributed by atoms with Crippen LogP contribution in [0.15, 0.2) is 54.1 Å². The molecule has 3 rings (SSSR count). The number of sulfonamides is 1. The smallest absolute Gasteiger partial charge is 0.268 e. The third-order valence-electron chi connectivity index (χ3n) is 4.86. The first-order valence-electron chi connectivity index (χ1n) is 10.1. The van der Waals surface area contributed by atoms with Crippen molar-refractivity contribution in [2.24, 2.45) is 0 Å². The van der Waals surface area contributed by atoms with Gasteiger partial charge in [0.2, 0.25) is 5.91 Å². The van der Waals surface area contributed by atoms with Gasteiger partial charge in [0.1, 0.15) is 22.9 Å². The monoisotopic (exact) mass is 458 g/mol. The van der Waals surface area contributed by atoms with Crippen molar-refractivity contribution in [3.63, 3.8) is 0 Å². The highest BCUT2D eigenvalue weighted by atomic mass is 32.2. The fourth-order valence-electron chi connectivity index (χ4n) is 3.31. The minimum absolute atomic E-state index is 0.0559. The number of carbonyl (C=O) groups excluding carboxylic acids is 2. The second-order valence-corrected chi connectivity index (χ2v) is 9.39. The maximum absolute atomic E-state index is 13.0. The third-order valence-corrected chi connectivity index (χ3v) is 6.79. The molecule has 1 aliphatic rings. The van der Waals surface area contributed by atoms with Crippen molar-refractivity contribution in [2.75, 3.05) is 13.7 Å². The number of amides is 2. The molecule has 1 aliphatic heterocycles. The molecule has 0 aromatic heterocycles. The van der Waals surface area contributed by atoms with E-state index in [4.69, 9.17) is 9.47 Å². The lowest BCUT2D eigenvalue weighted by Crippen LogP contribution is -2.40. The van der Waals surface area contributed by atoms with Crippen LogP contribution in [-0.4, -0.2) is 44.3 Å². The van der Waals surface area contributed by atoms with Gasteiger partial charge >= 0.3 is 0 Å². The number of hydrogen-bond acceptors (Lipinski definition) is 6. The first-order valence-corrected chi connectivity index (χ1v) is 11.5. The molecule has 9 heteroatoms. The summed E-state index contributed by atoms with van der Waals surface area (Å²) in [7, 11) is -2.65. The molecule has 2 amide bonds. The topological polar surface area (TPSA) is 102 Å². The summed E-state index contributed by atoms with van der Waals surface area (Å²) in [4.78, 5) is 25.0. The number of methoxy groups -OCH3 is 1. The molecular formula is C23H26N2O6S. The number of ether oxygens (including phenoxy) is 2. The number of carbonyl (C=O) groups is 2. The van der Waals surface area contributed by atoms with E-state index in [1.54, 1.807) is 36.4 Å². The Balaban J connectivity index is 1.67. The van der Waals surface area contributed by atoms with Crippen molar-refractivity contribution < 1.29 is 27.5 Å². The molecule has 32 heavy (non-hydrogen) atoms. The van der Waals surface area contributed by atoms with Crippen LogP contribution >= 0.6 is 0 Å². The Morgan fingerprint density at radius 1 is 1.03 bits per heavy atom. The van der Waals surface area contributed by atoms with Crippen LogP contribution in [0.25, 0.3) is 4.91 Å². The Bertz CT molecular complexity index is 1140. The van der Waals surface area contributed by atoms with Crippen LogP contribution in [0.1, 0.15) is 31.9 Å². The summed E-state index contributed by atoms with van der Waals surface area (Å²) in [5.41, 5.74) is 1.25. The Kier molecular flexibility index (Phi) is 6.88. The molecule has 0 spiro atoms. The number of hydrogen-bond donors (Lipinski definition) is 1. The highest BCUT2D eigenvalue weighted by molar-refractivity contribution is 7.99. The predicted octanol–water partition coefficient (Wildman–Crippen LogP) is 2.70. The second-order valence-electron chi connectivity index (χ2n) is 7.59. The lowest BCUT2D eigenvalue weighted by Gasteiger charge is -2.16. The van der Waals surface area contributed by atoms with Gasteiger partial charge in [-0.2, -0.15) is 0 Å². The molecule has 0 bridgehead atoms. The van der Waals surface area contributed by atoms with E-state index in [-0.39, 0.29) is 23.1 Å². The summed E-state index contributed by atoms with van der Waals surface area (Å²) in [5, 5.41) is 2.66. The predicted molar refractivity (Wildman–Crippen MR) is 120 cm³/mol. The minimum atomic E-state index is -4.15. The lowest BCUT2D eigenvalue weighted by atomic mass is 10.1. The maximum atomic E-state index is 13.0. The molecule has 1 N–H and O–H groups in total. The number of nitrogens with zero attached hydrogens (tertiary/aromatic N) is 1. The van der Waals surface area contributed by atoms with E-state index >= 15 is 0 Å². The summed E-state index contributed by atoms with van der Waals surface area (Å²) < 4.78 is 37.3. The zero-order chi connectivity index (χ0) is 23.5. The van der Waals surface area contributed by atoms with E-state index in [1.165, 1.54) is 14.0 Å². The van der Waals surface area contributed by atoms with E-state index in [1.807, 2.05) is 26.0 Å². The molecule has 2 aromatic rings. The molecule has 0 saturated carbocycles. The average Bonchev–Trinajstić information content (AvgIpc) is 2.92. The molecule has 0 radical (unpaired) electrons. The second kappa shape index (κ2) is 9.44.